The van der Waals surface area contributed by atoms with E-state index in [0.717, 1.165) is 11.4 Å². The van der Waals surface area contributed by atoms with Gasteiger partial charge in [-0.15, -0.1) is 0 Å². The molecule has 0 fully saturated rings. The fourth-order valence-electron chi connectivity index (χ4n) is 1.44. The first kappa shape index (κ1) is 11.4. The van der Waals surface area contributed by atoms with Gasteiger partial charge in [0.2, 0.25) is 5.88 Å². The van der Waals surface area contributed by atoms with Gasteiger partial charge in [-0.1, -0.05) is 12.1 Å². The Bertz CT molecular complexity index is 459. The molecule has 0 bridgehead atoms. The molecule has 0 aromatic carbocycles. The molecule has 0 saturated carbocycles. The topological polar surface area (TPSA) is 47.0 Å². The number of hydrogen-bond donors (Lipinski definition) is 1. The number of aromatic nitrogens is 2. The van der Waals surface area contributed by atoms with Gasteiger partial charge in [0.25, 0.3) is 0 Å². The predicted octanol–water partition coefficient (Wildman–Crippen LogP) is 2.49. The van der Waals surface area contributed by atoms with E-state index in [2.05, 4.69) is 15.3 Å². The SMILES string of the molecule is CCOc1cccc(NCc2cccnc2)n1. The Kier molecular flexibility index (Phi) is 3.91. The molecule has 0 amide bonds. The van der Waals surface area contributed by atoms with Crippen molar-refractivity contribution in [2.24, 2.45) is 0 Å². The van der Waals surface area contributed by atoms with Gasteiger partial charge in [-0.2, -0.15) is 4.98 Å². The van der Waals surface area contributed by atoms with Gasteiger partial charge in [0.15, 0.2) is 0 Å². The molecule has 0 aliphatic carbocycles. The van der Waals surface area contributed by atoms with Crippen molar-refractivity contribution >= 4 is 5.82 Å². The quantitative estimate of drug-likeness (QED) is 0.855. The molecule has 0 atom stereocenters. The highest BCUT2D eigenvalue weighted by atomic mass is 16.5. The lowest BCUT2D eigenvalue weighted by Crippen LogP contribution is -2.02. The second kappa shape index (κ2) is 5.84. The van der Waals surface area contributed by atoms with Crippen molar-refractivity contribution in [3.05, 3.63) is 48.3 Å². The normalized spacial score (nSPS) is 9.94. The predicted molar refractivity (Wildman–Crippen MR) is 67.0 cm³/mol. The molecule has 4 nitrogen and oxygen atoms in total. The van der Waals surface area contributed by atoms with E-state index in [1.165, 1.54) is 0 Å². The van der Waals surface area contributed by atoms with E-state index in [9.17, 15) is 0 Å². The van der Waals surface area contributed by atoms with Crippen LogP contribution in [0.5, 0.6) is 5.88 Å². The van der Waals surface area contributed by atoms with Crippen LogP contribution in [0.3, 0.4) is 0 Å². The van der Waals surface area contributed by atoms with Gasteiger partial charge in [-0.25, -0.2) is 0 Å². The van der Waals surface area contributed by atoms with Crippen LogP contribution in [0.15, 0.2) is 42.7 Å². The van der Waals surface area contributed by atoms with Gasteiger partial charge >= 0.3 is 0 Å². The third kappa shape index (κ3) is 3.45. The first-order valence-corrected chi connectivity index (χ1v) is 5.61. The van der Waals surface area contributed by atoms with E-state index < -0.39 is 0 Å². The van der Waals surface area contributed by atoms with Gasteiger partial charge < -0.3 is 10.1 Å². The number of hydrogen-bond acceptors (Lipinski definition) is 4. The Morgan fingerprint density at radius 1 is 1.24 bits per heavy atom. The number of nitrogens with one attached hydrogen (secondary N) is 1. The highest BCUT2D eigenvalue weighted by Gasteiger charge is 1.98. The molecule has 0 radical (unpaired) electrons. The summed E-state index contributed by atoms with van der Waals surface area (Å²) in [7, 11) is 0. The molecule has 0 unspecified atom stereocenters. The van der Waals surface area contributed by atoms with Crippen molar-refractivity contribution in [3.63, 3.8) is 0 Å². The van der Waals surface area contributed by atoms with Crippen LogP contribution in [0.1, 0.15) is 12.5 Å². The largest absolute Gasteiger partial charge is 0.478 e. The average molecular weight is 229 g/mol. The summed E-state index contributed by atoms with van der Waals surface area (Å²) in [6.07, 6.45) is 3.59. The molecule has 2 aromatic heterocycles. The monoisotopic (exact) mass is 229 g/mol. The molecule has 0 spiro atoms. The van der Waals surface area contributed by atoms with Crippen LogP contribution in [0, 0.1) is 0 Å². The second-order valence-corrected chi connectivity index (χ2v) is 3.51. The zero-order chi connectivity index (χ0) is 11.9. The maximum absolute atomic E-state index is 5.34. The summed E-state index contributed by atoms with van der Waals surface area (Å²) in [4.78, 5) is 8.38. The summed E-state index contributed by atoms with van der Waals surface area (Å²) in [5, 5.41) is 3.23. The number of pyridine rings is 2. The highest BCUT2D eigenvalue weighted by molar-refractivity contribution is 5.37. The minimum absolute atomic E-state index is 0.624. The standard InChI is InChI=1S/C13H15N3O/c1-2-17-13-7-3-6-12(16-13)15-10-11-5-4-8-14-9-11/h3-9H,2,10H2,1H3,(H,15,16). The summed E-state index contributed by atoms with van der Waals surface area (Å²) in [6.45, 7) is 3.27. The molecule has 2 heterocycles. The van der Waals surface area contributed by atoms with Crippen molar-refractivity contribution < 1.29 is 4.74 Å². The van der Waals surface area contributed by atoms with E-state index in [-0.39, 0.29) is 0 Å². The van der Waals surface area contributed by atoms with Crippen LogP contribution >= 0.6 is 0 Å². The van der Waals surface area contributed by atoms with E-state index in [1.807, 2.05) is 43.5 Å². The van der Waals surface area contributed by atoms with Gasteiger partial charge in [0.1, 0.15) is 5.82 Å². The number of ether oxygens (including phenoxy) is 1. The Morgan fingerprint density at radius 3 is 2.94 bits per heavy atom. The summed E-state index contributed by atoms with van der Waals surface area (Å²) >= 11 is 0. The maximum Gasteiger partial charge on any atom is 0.215 e. The molecule has 2 rings (SSSR count). The Morgan fingerprint density at radius 2 is 2.18 bits per heavy atom. The van der Waals surface area contributed by atoms with E-state index >= 15 is 0 Å². The minimum Gasteiger partial charge on any atom is -0.478 e. The van der Waals surface area contributed by atoms with Crippen LogP contribution in [0.2, 0.25) is 0 Å². The molecular formula is C13H15N3O. The molecule has 1 N–H and O–H groups in total. The van der Waals surface area contributed by atoms with E-state index in [4.69, 9.17) is 4.74 Å². The van der Waals surface area contributed by atoms with Gasteiger partial charge in [0.05, 0.1) is 6.61 Å². The van der Waals surface area contributed by atoms with Gasteiger partial charge in [-0.05, 0) is 24.6 Å². The summed E-state index contributed by atoms with van der Waals surface area (Å²) < 4.78 is 5.34. The zero-order valence-electron chi connectivity index (χ0n) is 9.76. The van der Waals surface area contributed by atoms with Gasteiger partial charge in [-0.3, -0.25) is 4.98 Å². The molecule has 4 heteroatoms. The lowest BCUT2D eigenvalue weighted by Gasteiger charge is -2.07. The molecular weight excluding hydrogens is 214 g/mol. The molecule has 0 aliphatic rings. The summed E-state index contributed by atoms with van der Waals surface area (Å²) in [5.74, 6) is 1.45. The lowest BCUT2D eigenvalue weighted by molar-refractivity contribution is 0.327. The Labute approximate surface area is 101 Å². The number of rotatable bonds is 5. The van der Waals surface area contributed by atoms with E-state index in [0.29, 0.717) is 19.0 Å². The van der Waals surface area contributed by atoms with Crippen LogP contribution in [0.4, 0.5) is 5.82 Å². The number of nitrogens with zero attached hydrogens (tertiary/aromatic N) is 2. The van der Waals surface area contributed by atoms with Gasteiger partial charge in [0, 0.05) is 25.0 Å². The molecule has 0 saturated heterocycles. The molecule has 2 aromatic rings. The zero-order valence-corrected chi connectivity index (χ0v) is 9.76. The molecule has 17 heavy (non-hydrogen) atoms. The maximum atomic E-state index is 5.34. The first-order chi connectivity index (χ1) is 8.38. The molecule has 88 valence electrons. The summed E-state index contributed by atoms with van der Waals surface area (Å²) in [5.41, 5.74) is 1.12. The Hall–Kier alpha value is -2.10. The molecule has 0 aliphatic heterocycles. The van der Waals surface area contributed by atoms with Crippen LogP contribution in [-0.2, 0) is 6.54 Å². The fraction of sp³-hybridized carbons (Fsp3) is 0.231. The Balaban J connectivity index is 1.97. The van der Waals surface area contributed by atoms with E-state index in [1.54, 1.807) is 6.20 Å². The van der Waals surface area contributed by atoms with Crippen molar-refractivity contribution in [2.75, 3.05) is 11.9 Å². The van der Waals surface area contributed by atoms with Crippen molar-refractivity contribution in [1.82, 2.24) is 9.97 Å². The highest BCUT2D eigenvalue weighted by Crippen LogP contribution is 2.12. The smallest absolute Gasteiger partial charge is 0.215 e. The number of anilines is 1. The lowest BCUT2D eigenvalue weighted by atomic mass is 10.3. The van der Waals surface area contributed by atoms with Crippen molar-refractivity contribution in [3.8, 4) is 5.88 Å². The average Bonchev–Trinajstić information content (AvgIpc) is 2.39. The fourth-order valence-corrected chi connectivity index (χ4v) is 1.44. The second-order valence-electron chi connectivity index (χ2n) is 3.51. The minimum atomic E-state index is 0.624. The van der Waals surface area contributed by atoms with Crippen LogP contribution in [-0.4, -0.2) is 16.6 Å². The third-order valence-electron chi connectivity index (χ3n) is 2.21. The van der Waals surface area contributed by atoms with Crippen LogP contribution in [0.25, 0.3) is 0 Å². The first-order valence-electron chi connectivity index (χ1n) is 5.61. The van der Waals surface area contributed by atoms with Crippen LogP contribution < -0.4 is 10.1 Å². The third-order valence-corrected chi connectivity index (χ3v) is 2.21. The van der Waals surface area contributed by atoms with Crippen molar-refractivity contribution in [2.45, 2.75) is 13.5 Å². The van der Waals surface area contributed by atoms with Crippen molar-refractivity contribution in [1.29, 1.82) is 0 Å². The summed E-state index contributed by atoms with van der Waals surface area (Å²) in [6, 6.07) is 9.62.